The summed E-state index contributed by atoms with van der Waals surface area (Å²) in [6.45, 7) is 5.55. The van der Waals surface area contributed by atoms with Crippen molar-refractivity contribution in [3.05, 3.63) is 77.0 Å². The standard InChI is InChI=1S/C19H16ClNO3S/c1-3-18(13-5-7-14(20)8-6-13)25(23,24)19-15-10-12(2)4-9-16(15)21-17(19)11-22/h3-11,18,21H,1H2,2H3. The molecule has 1 heterocycles. The minimum atomic E-state index is -3.88. The van der Waals surface area contributed by atoms with Gasteiger partial charge in [0.15, 0.2) is 16.1 Å². The average molecular weight is 374 g/mol. The normalized spacial score (nSPS) is 12.9. The first-order valence-corrected chi connectivity index (χ1v) is 9.50. The predicted octanol–water partition coefficient (Wildman–Crippen LogP) is 4.64. The Bertz CT molecular complexity index is 1070. The zero-order chi connectivity index (χ0) is 18.2. The van der Waals surface area contributed by atoms with Crippen molar-refractivity contribution in [1.82, 2.24) is 4.98 Å². The van der Waals surface area contributed by atoms with Gasteiger partial charge in [0, 0.05) is 15.9 Å². The molecule has 0 saturated heterocycles. The number of hydrogen-bond donors (Lipinski definition) is 1. The highest BCUT2D eigenvalue weighted by atomic mass is 35.5. The van der Waals surface area contributed by atoms with Crippen molar-refractivity contribution >= 4 is 38.6 Å². The molecule has 3 aromatic rings. The Kier molecular flexibility index (Phi) is 4.54. The number of aromatic nitrogens is 1. The molecule has 1 atom stereocenters. The minimum absolute atomic E-state index is 0.000972. The first-order chi connectivity index (χ1) is 11.9. The van der Waals surface area contributed by atoms with E-state index in [0.29, 0.717) is 27.8 Å². The summed E-state index contributed by atoms with van der Waals surface area (Å²) in [7, 11) is -3.88. The third-order valence-corrected chi connectivity index (χ3v) is 6.48. The fourth-order valence-electron chi connectivity index (χ4n) is 2.91. The van der Waals surface area contributed by atoms with Crippen LogP contribution in [0.2, 0.25) is 5.02 Å². The fourth-order valence-corrected chi connectivity index (χ4v) is 4.94. The van der Waals surface area contributed by atoms with Crippen LogP contribution in [0.15, 0.2) is 60.0 Å². The zero-order valence-corrected chi connectivity index (χ0v) is 15.1. The number of benzene rings is 2. The Morgan fingerprint density at radius 1 is 1.16 bits per heavy atom. The van der Waals surface area contributed by atoms with Gasteiger partial charge in [0.25, 0.3) is 0 Å². The number of halogens is 1. The van der Waals surface area contributed by atoms with Crippen molar-refractivity contribution in [2.24, 2.45) is 0 Å². The molecule has 0 aliphatic rings. The van der Waals surface area contributed by atoms with Crippen LogP contribution in [0.3, 0.4) is 0 Å². The van der Waals surface area contributed by atoms with Crippen molar-refractivity contribution in [2.45, 2.75) is 17.1 Å². The third kappa shape index (κ3) is 3.01. The lowest BCUT2D eigenvalue weighted by molar-refractivity contribution is 0.111. The summed E-state index contributed by atoms with van der Waals surface area (Å²) in [6, 6.07) is 11.9. The molecular formula is C19H16ClNO3S. The van der Waals surface area contributed by atoms with E-state index in [2.05, 4.69) is 11.6 Å². The molecule has 2 aromatic carbocycles. The van der Waals surface area contributed by atoms with E-state index in [-0.39, 0.29) is 10.6 Å². The van der Waals surface area contributed by atoms with E-state index in [4.69, 9.17) is 11.6 Å². The fraction of sp³-hybridized carbons (Fsp3) is 0.105. The topological polar surface area (TPSA) is 67.0 Å². The van der Waals surface area contributed by atoms with E-state index in [1.54, 1.807) is 36.4 Å². The maximum Gasteiger partial charge on any atom is 0.191 e. The maximum atomic E-state index is 13.3. The second-order valence-corrected chi connectivity index (χ2v) is 8.23. The number of hydrogen-bond acceptors (Lipinski definition) is 3. The Hall–Kier alpha value is -2.37. The van der Waals surface area contributed by atoms with E-state index >= 15 is 0 Å². The second-order valence-electron chi connectivity index (χ2n) is 5.79. The van der Waals surface area contributed by atoms with E-state index in [9.17, 15) is 13.2 Å². The van der Waals surface area contributed by atoms with Crippen molar-refractivity contribution < 1.29 is 13.2 Å². The van der Waals surface area contributed by atoms with Gasteiger partial charge in [-0.1, -0.05) is 41.4 Å². The maximum absolute atomic E-state index is 13.3. The van der Waals surface area contributed by atoms with Crippen LogP contribution in [0.4, 0.5) is 0 Å². The van der Waals surface area contributed by atoms with Gasteiger partial charge in [-0.25, -0.2) is 8.42 Å². The van der Waals surface area contributed by atoms with Crippen LogP contribution in [0.1, 0.15) is 26.9 Å². The number of H-pyrrole nitrogens is 1. The summed E-state index contributed by atoms with van der Waals surface area (Å²) < 4.78 is 26.7. The summed E-state index contributed by atoms with van der Waals surface area (Å²) in [5.41, 5.74) is 2.09. The Morgan fingerprint density at radius 3 is 2.44 bits per heavy atom. The lowest BCUT2D eigenvalue weighted by Crippen LogP contribution is -2.13. The molecule has 0 aliphatic carbocycles. The summed E-state index contributed by atoms with van der Waals surface area (Å²) in [6.07, 6.45) is 1.89. The number of nitrogens with one attached hydrogen (secondary N) is 1. The molecule has 4 nitrogen and oxygen atoms in total. The van der Waals surface area contributed by atoms with Gasteiger partial charge in [-0.15, -0.1) is 6.58 Å². The molecule has 0 fully saturated rings. The first kappa shape index (κ1) is 17.5. The highest BCUT2D eigenvalue weighted by Crippen LogP contribution is 2.36. The number of aryl methyl sites for hydroxylation is 1. The largest absolute Gasteiger partial charge is 0.351 e. The molecule has 6 heteroatoms. The minimum Gasteiger partial charge on any atom is -0.351 e. The molecule has 0 amide bonds. The number of aromatic amines is 1. The van der Waals surface area contributed by atoms with Crippen LogP contribution >= 0.6 is 11.6 Å². The molecule has 128 valence electrons. The van der Waals surface area contributed by atoms with E-state index in [0.717, 1.165) is 5.56 Å². The molecular weight excluding hydrogens is 358 g/mol. The Balaban J connectivity index is 2.27. The smallest absolute Gasteiger partial charge is 0.191 e. The monoisotopic (exact) mass is 373 g/mol. The highest BCUT2D eigenvalue weighted by Gasteiger charge is 2.32. The van der Waals surface area contributed by atoms with E-state index in [1.165, 1.54) is 6.08 Å². The van der Waals surface area contributed by atoms with Gasteiger partial charge in [-0.05, 0) is 36.8 Å². The number of carbonyl (C=O) groups is 1. The molecule has 0 aliphatic heterocycles. The van der Waals surface area contributed by atoms with E-state index < -0.39 is 15.1 Å². The summed E-state index contributed by atoms with van der Waals surface area (Å²) in [5.74, 6) is 0. The van der Waals surface area contributed by atoms with Crippen molar-refractivity contribution in [1.29, 1.82) is 0 Å². The predicted molar refractivity (Wildman–Crippen MR) is 100.0 cm³/mol. The number of rotatable bonds is 5. The molecule has 3 rings (SSSR count). The molecule has 1 aromatic heterocycles. The van der Waals surface area contributed by atoms with E-state index in [1.807, 2.05) is 13.0 Å². The van der Waals surface area contributed by atoms with Crippen LogP contribution in [0, 0.1) is 6.92 Å². The van der Waals surface area contributed by atoms with Crippen molar-refractivity contribution in [3.63, 3.8) is 0 Å². The molecule has 0 bridgehead atoms. The number of aldehydes is 1. The molecule has 25 heavy (non-hydrogen) atoms. The SMILES string of the molecule is C=CC(c1ccc(Cl)cc1)S(=O)(=O)c1c(C=O)[nH]c2ccc(C)cc12. The second kappa shape index (κ2) is 6.50. The summed E-state index contributed by atoms with van der Waals surface area (Å²) in [5, 5.41) is 0.0335. The van der Waals surface area contributed by atoms with Crippen LogP contribution in [0.5, 0.6) is 0 Å². The number of fused-ring (bicyclic) bond motifs is 1. The highest BCUT2D eigenvalue weighted by molar-refractivity contribution is 7.92. The van der Waals surface area contributed by atoms with Crippen LogP contribution < -0.4 is 0 Å². The zero-order valence-electron chi connectivity index (χ0n) is 13.5. The van der Waals surface area contributed by atoms with Gasteiger partial charge in [0.1, 0.15) is 10.1 Å². The number of sulfone groups is 1. The lowest BCUT2D eigenvalue weighted by atomic mass is 10.1. The molecule has 0 radical (unpaired) electrons. The van der Waals surface area contributed by atoms with Gasteiger partial charge in [0.05, 0.1) is 5.69 Å². The Morgan fingerprint density at radius 2 is 1.84 bits per heavy atom. The summed E-state index contributed by atoms with van der Waals surface area (Å²) >= 11 is 5.89. The Labute approximate surface area is 151 Å². The third-order valence-electron chi connectivity index (χ3n) is 4.08. The van der Waals surface area contributed by atoms with Gasteiger partial charge in [0.2, 0.25) is 0 Å². The van der Waals surface area contributed by atoms with Gasteiger partial charge >= 0.3 is 0 Å². The summed E-state index contributed by atoms with van der Waals surface area (Å²) in [4.78, 5) is 14.4. The van der Waals surface area contributed by atoms with Crippen LogP contribution in [-0.2, 0) is 9.84 Å². The molecule has 1 N–H and O–H groups in total. The molecule has 0 saturated carbocycles. The van der Waals surface area contributed by atoms with Gasteiger partial charge in [-0.3, -0.25) is 4.79 Å². The molecule has 0 spiro atoms. The first-order valence-electron chi connectivity index (χ1n) is 7.58. The van der Waals surface area contributed by atoms with Crippen LogP contribution in [-0.4, -0.2) is 19.7 Å². The average Bonchev–Trinajstić information content (AvgIpc) is 2.95. The quantitative estimate of drug-likeness (QED) is 0.523. The van der Waals surface area contributed by atoms with Crippen molar-refractivity contribution in [2.75, 3.05) is 0 Å². The van der Waals surface area contributed by atoms with Crippen LogP contribution in [0.25, 0.3) is 10.9 Å². The van der Waals surface area contributed by atoms with Gasteiger partial charge < -0.3 is 4.98 Å². The van der Waals surface area contributed by atoms with Gasteiger partial charge in [-0.2, -0.15) is 0 Å². The molecule has 1 unspecified atom stereocenters. The van der Waals surface area contributed by atoms with Crippen molar-refractivity contribution in [3.8, 4) is 0 Å². The lowest BCUT2D eigenvalue weighted by Gasteiger charge is -2.15. The number of carbonyl (C=O) groups excluding carboxylic acids is 1.